The average Bonchev–Trinajstić information content (AvgIpc) is 2.67. The number of nitrogens with zero attached hydrogens (tertiary/aromatic N) is 1. The van der Waals surface area contributed by atoms with Crippen LogP contribution in [0.1, 0.15) is 23.6 Å². The van der Waals surface area contributed by atoms with Crippen LogP contribution in [0.25, 0.3) is 0 Å². The van der Waals surface area contributed by atoms with Gasteiger partial charge >= 0.3 is 0 Å². The van der Waals surface area contributed by atoms with Crippen molar-refractivity contribution in [2.24, 2.45) is 10.8 Å². The molecule has 154 valence electrons. The van der Waals surface area contributed by atoms with Crippen LogP contribution in [0.15, 0.2) is 41.5 Å². The fraction of sp³-hybridized carbons (Fsp3) is 0.286. The zero-order valence-corrected chi connectivity index (χ0v) is 16.7. The molecule has 2 amide bonds. The number of benzene rings is 2. The molecule has 29 heavy (non-hydrogen) atoms. The zero-order chi connectivity index (χ0) is 21.2. The van der Waals surface area contributed by atoms with Crippen LogP contribution >= 0.6 is 0 Å². The van der Waals surface area contributed by atoms with E-state index in [0.29, 0.717) is 29.4 Å². The van der Waals surface area contributed by atoms with Gasteiger partial charge in [0.05, 0.1) is 12.8 Å². The van der Waals surface area contributed by atoms with Crippen LogP contribution in [0, 0.1) is 13.8 Å². The minimum absolute atomic E-state index is 0.146. The molecule has 0 fully saturated rings. The molecule has 0 heterocycles. The lowest BCUT2D eigenvalue weighted by Gasteiger charge is -2.11. The van der Waals surface area contributed by atoms with Gasteiger partial charge in [-0.3, -0.25) is 9.59 Å². The van der Waals surface area contributed by atoms with Crippen molar-refractivity contribution < 1.29 is 23.8 Å². The van der Waals surface area contributed by atoms with E-state index < -0.39 is 5.91 Å². The van der Waals surface area contributed by atoms with Crippen molar-refractivity contribution in [2.45, 2.75) is 20.8 Å². The molecule has 0 saturated carbocycles. The van der Waals surface area contributed by atoms with Gasteiger partial charge in [-0.1, -0.05) is 18.2 Å². The second kappa shape index (κ2) is 10.7. The first kappa shape index (κ1) is 21.7. The molecule has 2 aromatic rings. The highest BCUT2D eigenvalue weighted by atomic mass is 16.5. The molecule has 0 spiro atoms. The van der Waals surface area contributed by atoms with Crippen LogP contribution < -0.4 is 25.4 Å². The van der Waals surface area contributed by atoms with Crippen LogP contribution in [0.3, 0.4) is 0 Å². The summed E-state index contributed by atoms with van der Waals surface area (Å²) in [5.41, 5.74) is 10.1. The molecule has 3 N–H and O–H groups in total. The van der Waals surface area contributed by atoms with Crippen LogP contribution in [-0.2, 0) is 9.59 Å². The van der Waals surface area contributed by atoms with Gasteiger partial charge in [0, 0.05) is 0 Å². The first-order valence-corrected chi connectivity index (χ1v) is 9.09. The molecule has 0 saturated heterocycles. The van der Waals surface area contributed by atoms with E-state index in [4.69, 9.17) is 19.9 Å². The maximum Gasteiger partial charge on any atom is 0.277 e. The second-order valence-electron chi connectivity index (χ2n) is 6.20. The van der Waals surface area contributed by atoms with Crippen molar-refractivity contribution in [2.75, 3.05) is 19.8 Å². The Hall–Kier alpha value is -3.55. The molecule has 0 atom stereocenters. The predicted octanol–water partition coefficient (Wildman–Crippen LogP) is 2.10. The fourth-order valence-electron chi connectivity index (χ4n) is 2.52. The Morgan fingerprint density at radius 1 is 1.03 bits per heavy atom. The van der Waals surface area contributed by atoms with Crippen LogP contribution in [0.5, 0.6) is 17.2 Å². The number of rotatable bonds is 10. The summed E-state index contributed by atoms with van der Waals surface area (Å²) in [7, 11) is 0. The molecule has 0 aliphatic heterocycles. The van der Waals surface area contributed by atoms with Crippen molar-refractivity contribution in [1.82, 2.24) is 5.43 Å². The second-order valence-corrected chi connectivity index (χ2v) is 6.20. The van der Waals surface area contributed by atoms with Gasteiger partial charge in [0.15, 0.2) is 24.7 Å². The number of nitrogens with one attached hydrogen (secondary N) is 1. The van der Waals surface area contributed by atoms with E-state index in [1.165, 1.54) is 6.21 Å². The summed E-state index contributed by atoms with van der Waals surface area (Å²) in [4.78, 5) is 22.8. The molecule has 0 aromatic heterocycles. The van der Waals surface area contributed by atoms with Gasteiger partial charge in [-0.05, 0) is 55.7 Å². The molecule has 0 unspecified atom stereocenters. The SMILES string of the molecule is CCOc1cc(/C=N\NC(=O)COc2c(C)cccc2C)ccc1OCC(N)=O. The van der Waals surface area contributed by atoms with E-state index in [2.05, 4.69) is 10.5 Å². The summed E-state index contributed by atoms with van der Waals surface area (Å²) in [6.07, 6.45) is 1.47. The Morgan fingerprint density at radius 2 is 1.76 bits per heavy atom. The molecule has 8 nitrogen and oxygen atoms in total. The van der Waals surface area contributed by atoms with Gasteiger partial charge in [0.25, 0.3) is 11.8 Å². The van der Waals surface area contributed by atoms with E-state index in [-0.39, 0.29) is 19.1 Å². The summed E-state index contributed by atoms with van der Waals surface area (Å²) in [5.74, 6) is 0.579. The normalized spacial score (nSPS) is 10.6. The van der Waals surface area contributed by atoms with Crippen molar-refractivity contribution in [3.05, 3.63) is 53.1 Å². The number of carbonyl (C=O) groups excluding carboxylic acids is 2. The molecule has 0 bridgehead atoms. The highest BCUT2D eigenvalue weighted by Gasteiger charge is 2.08. The van der Waals surface area contributed by atoms with Crippen LogP contribution in [0.2, 0.25) is 0 Å². The Kier molecular flexibility index (Phi) is 8.02. The summed E-state index contributed by atoms with van der Waals surface area (Å²) >= 11 is 0. The summed E-state index contributed by atoms with van der Waals surface area (Å²) in [5, 5.41) is 3.93. The maximum absolute atomic E-state index is 12.0. The third kappa shape index (κ3) is 6.84. The number of hydrogen-bond donors (Lipinski definition) is 2. The quantitative estimate of drug-likeness (QED) is 0.469. The number of carbonyl (C=O) groups is 2. The minimum atomic E-state index is -0.580. The zero-order valence-electron chi connectivity index (χ0n) is 16.7. The molecule has 2 aromatic carbocycles. The van der Waals surface area contributed by atoms with Gasteiger partial charge in [-0.15, -0.1) is 0 Å². The lowest BCUT2D eigenvalue weighted by Crippen LogP contribution is -2.25. The van der Waals surface area contributed by atoms with Gasteiger partial charge in [-0.2, -0.15) is 5.10 Å². The number of primary amides is 1. The smallest absolute Gasteiger partial charge is 0.277 e. The number of nitrogens with two attached hydrogens (primary N) is 1. The van der Waals surface area contributed by atoms with E-state index in [1.807, 2.05) is 39.0 Å². The fourth-order valence-corrected chi connectivity index (χ4v) is 2.52. The standard InChI is InChI=1S/C21H25N3O5/c1-4-27-18-10-16(8-9-17(18)28-12-19(22)25)11-23-24-20(26)13-29-21-14(2)6-5-7-15(21)3/h5-11H,4,12-13H2,1-3H3,(H2,22,25)(H,24,26)/b23-11-. The van der Waals surface area contributed by atoms with Crippen LogP contribution in [0.4, 0.5) is 0 Å². The van der Waals surface area contributed by atoms with E-state index >= 15 is 0 Å². The first-order valence-electron chi connectivity index (χ1n) is 9.09. The lowest BCUT2D eigenvalue weighted by atomic mass is 10.1. The Morgan fingerprint density at radius 3 is 2.41 bits per heavy atom. The third-order valence-electron chi connectivity index (χ3n) is 3.80. The van der Waals surface area contributed by atoms with E-state index in [1.54, 1.807) is 18.2 Å². The van der Waals surface area contributed by atoms with E-state index in [9.17, 15) is 9.59 Å². The van der Waals surface area contributed by atoms with Crippen molar-refractivity contribution in [1.29, 1.82) is 0 Å². The number of amides is 2. The maximum atomic E-state index is 12.0. The van der Waals surface area contributed by atoms with Gasteiger partial charge in [-0.25, -0.2) is 5.43 Å². The molecule has 8 heteroatoms. The summed E-state index contributed by atoms with van der Waals surface area (Å²) in [6, 6.07) is 10.8. The number of hydrogen-bond acceptors (Lipinski definition) is 6. The third-order valence-corrected chi connectivity index (χ3v) is 3.80. The molecular formula is C21H25N3O5. The van der Waals surface area contributed by atoms with Crippen molar-refractivity contribution in [3.63, 3.8) is 0 Å². The van der Waals surface area contributed by atoms with Gasteiger partial charge in [0.2, 0.25) is 0 Å². The number of aryl methyl sites for hydroxylation is 2. The van der Waals surface area contributed by atoms with Crippen molar-refractivity contribution in [3.8, 4) is 17.2 Å². The summed E-state index contributed by atoms with van der Waals surface area (Å²) < 4.78 is 16.4. The van der Waals surface area contributed by atoms with Crippen molar-refractivity contribution >= 4 is 18.0 Å². The predicted molar refractivity (Wildman–Crippen MR) is 109 cm³/mol. The molecule has 0 aliphatic carbocycles. The number of para-hydroxylation sites is 1. The van der Waals surface area contributed by atoms with Crippen LogP contribution in [-0.4, -0.2) is 37.8 Å². The molecule has 0 aliphatic rings. The highest BCUT2D eigenvalue weighted by Crippen LogP contribution is 2.28. The number of hydrazone groups is 1. The minimum Gasteiger partial charge on any atom is -0.490 e. The molecule has 0 radical (unpaired) electrons. The Bertz CT molecular complexity index is 876. The lowest BCUT2D eigenvalue weighted by molar-refractivity contribution is -0.123. The number of ether oxygens (including phenoxy) is 3. The largest absolute Gasteiger partial charge is 0.490 e. The van der Waals surface area contributed by atoms with Gasteiger partial charge in [0.1, 0.15) is 5.75 Å². The monoisotopic (exact) mass is 399 g/mol. The van der Waals surface area contributed by atoms with Gasteiger partial charge < -0.3 is 19.9 Å². The Balaban J connectivity index is 1.94. The molecule has 2 rings (SSSR count). The first-order chi connectivity index (χ1) is 13.9. The average molecular weight is 399 g/mol. The summed E-state index contributed by atoms with van der Waals surface area (Å²) in [6.45, 7) is 5.70. The highest BCUT2D eigenvalue weighted by molar-refractivity contribution is 5.83. The van der Waals surface area contributed by atoms with E-state index in [0.717, 1.165) is 11.1 Å². The topological polar surface area (TPSA) is 112 Å². The molecular weight excluding hydrogens is 374 g/mol. The Labute approximate surface area is 169 Å².